The first-order chi connectivity index (χ1) is 11.1. The smallest absolute Gasteiger partial charge is 0.251 e. The topological polar surface area (TPSA) is 41.6 Å². The van der Waals surface area contributed by atoms with Crippen LogP contribution in [0.5, 0.6) is 0 Å². The molecule has 0 aliphatic carbocycles. The maximum Gasteiger partial charge on any atom is 0.251 e. The van der Waals surface area contributed by atoms with Crippen LogP contribution in [0.25, 0.3) is 0 Å². The number of amides is 1. The van der Waals surface area contributed by atoms with E-state index < -0.39 is 0 Å². The Hall–Kier alpha value is -0.660. The number of carbonyl (C=O) groups is 1. The molecule has 0 bridgehead atoms. The second-order valence-electron chi connectivity index (χ2n) is 6.74. The molecule has 0 aromatic heterocycles. The van der Waals surface area contributed by atoms with Gasteiger partial charge >= 0.3 is 0 Å². The lowest BCUT2D eigenvalue weighted by Crippen LogP contribution is -2.45. The third-order valence-corrected chi connectivity index (χ3v) is 6.06. The van der Waals surface area contributed by atoms with Crippen molar-refractivity contribution in [1.82, 2.24) is 10.2 Å². The van der Waals surface area contributed by atoms with Crippen LogP contribution in [0.1, 0.15) is 35.2 Å². The van der Waals surface area contributed by atoms with Gasteiger partial charge in [-0.25, -0.2) is 0 Å². The molecule has 2 saturated heterocycles. The predicted octanol–water partition coefficient (Wildman–Crippen LogP) is 2.83. The molecule has 2 fully saturated rings. The highest BCUT2D eigenvalue weighted by molar-refractivity contribution is 14.1. The SMILES string of the molecule is Cc1ccc(C(=O)NC2CCN(CC3CCOC3)CC2)cc1I. The van der Waals surface area contributed by atoms with E-state index in [0.29, 0.717) is 12.0 Å². The van der Waals surface area contributed by atoms with Gasteiger partial charge in [-0.05, 0) is 72.4 Å². The van der Waals surface area contributed by atoms with Gasteiger partial charge in [0, 0.05) is 41.4 Å². The van der Waals surface area contributed by atoms with Crippen molar-refractivity contribution >= 4 is 28.5 Å². The number of rotatable bonds is 4. The number of hydrogen-bond acceptors (Lipinski definition) is 3. The van der Waals surface area contributed by atoms with Gasteiger partial charge in [0.05, 0.1) is 6.61 Å². The molecule has 2 aliphatic heterocycles. The number of halogens is 1. The van der Waals surface area contributed by atoms with Crippen LogP contribution >= 0.6 is 22.6 Å². The zero-order valence-corrected chi connectivity index (χ0v) is 15.8. The lowest BCUT2D eigenvalue weighted by Gasteiger charge is -2.33. The minimum absolute atomic E-state index is 0.0607. The van der Waals surface area contributed by atoms with Gasteiger partial charge in [0.25, 0.3) is 5.91 Å². The van der Waals surface area contributed by atoms with Crippen LogP contribution in [-0.2, 0) is 4.74 Å². The van der Waals surface area contributed by atoms with Crippen molar-refractivity contribution in [2.45, 2.75) is 32.2 Å². The first-order valence-corrected chi connectivity index (χ1v) is 9.57. The van der Waals surface area contributed by atoms with Crippen LogP contribution in [0, 0.1) is 16.4 Å². The molecule has 0 spiro atoms. The van der Waals surface area contributed by atoms with Crippen molar-refractivity contribution < 1.29 is 9.53 Å². The Morgan fingerprint density at radius 1 is 1.35 bits per heavy atom. The fourth-order valence-corrected chi connectivity index (χ4v) is 3.87. The fraction of sp³-hybridized carbons (Fsp3) is 0.611. The van der Waals surface area contributed by atoms with Gasteiger partial charge in [-0.1, -0.05) is 6.07 Å². The van der Waals surface area contributed by atoms with E-state index in [1.165, 1.54) is 12.0 Å². The zero-order chi connectivity index (χ0) is 16.2. The van der Waals surface area contributed by atoms with E-state index in [4.69, 9.17) is 4.74 Å². The summed E-state index contributed by atoms with van der Waals surface area (Å²) < 4.78 is 6.60. The average molecular weight is 428 g/mol. The second kappa shape index (κ2) is 7.94. The summed E-state index contributed by atoms with van der Waals surface area (Å²) in [4.78, 5) is 14.9. The third kappa shape index (κ3) is 4.67. The summed E-state index contributed by atoms with van der Waals surface area (Å²) in [6.45, 7) is 7.21. The van der Waals surface area contributed by atoms with Crippen LogP contribution in [0.2, 0.25) is 0 Å². The molecule has 2 heterocycles. The minimum Gasteiger partial charge on any atom is -0.381 e. The summed E-state index contributed by atoms with van der Waals surface area (Å²) in [5.41, 5.74) is 1.98. The molecule has 3 rings (SSSR count). The molecule has 1 amide bonds. The van der Waals surface area contributed by atoms with Gasteiger partial charge < -0.3 is 15.0 Å². The average Bonchev–Trinajstić information content (AvgIpc) is 3.05. The number of carbonyl (C=O) groups excluding carboxylic acids is 1. The molecule has 1 aromatic rings. The molecular formula is C18H25IN2O2. The van der Waals surface area contributed by atoms with E-state index in [9.17, 15) is 4.79 Å². The fourth-order valence-electron chi connectivity index (χ4n) is 3.36. The molecule has 1 aromatic carbocycles. The highest BCUT2D eigenvalue weighted by Crippen LogP contribution is 2.18. The van der Waals surface area contributed by atoms with Crippen LogP contribution in [0.15, 0.2) is 18.2 Å². The van der Waals surface area contributed by atoms with E-state index in [1.807, 2.05) is 18.2 Å². The summed E-state index contributed by atoms with van der Waals surface area (Å²) in [5.74, 6) is 0.765. The molecule has 23 heavy (non-hydrogen) atoms. The van der Waals surface area contributed by atoms with E-state index in [-0.39, 0.29) is 5.91 Å². The molecule has 1 atom stereocenters. The minimum atomic E-state index is 0.0607. The number of ether oxygens (including phenoxy) is 1. The van der Waals surface area contributed by atoms with E-state index in [2.05, 4.69) is 39.7 Å². The van der Waals surface area contributed by atoms with Crippen LogP contribution in [0.4, 0.5) is 0 Å². The number of benzene rings is 1. The van der Waals surface area contributed by atoms with Gasteiger partial charge in [-0.15, -0.1) is 0 Å². The van der Waals surface area contributed by atoms with Gasteiger partial charge in [-0.2, -0.15) is 0 Å². The normalized spacial score (nSPS) is 23.1. The first-order valence-electron chi connectivity index (χ1n) is 8.49. The quantitative estimate of drug-likeness (QED) is 0.751. The van der Waals surface area contributed by atoms with Crippen LogP contribution in [0.3, 0.4) is 0 Å². The van der Waals surface area contributed by atoms with Crippen molar-refractivity contribution in [1.29, 1.82) is 0 Å². The summed E-state index contributed by atoms with van der Waals surface area (Å²) in [7, 11) is 0. The Morgan fingerprint density at radius 2 is 2.13 bits per heavy atom. The monoisotopic (exact) mass is 428 g/mol. The van der Waals surface area contributed by atoms with Crippen molar-refractivity contribution in [3.05, 3.63) is 32.9 Å². The molecular weight excluding hydrogens is 403 g/mol. The maximum atomic E-state index is 12.4. The van der Waals surface area contributed by atoms with Crippen LogP contribution < -0.4 is 5.32 Å². The summed E-state index contributed by atoms with van der Waals surface area (Å²) >= 11 is 2.28. The third-order valence-electron chi connectivity index (χ3n) is 4.90. The molecule has 1 N–H and O–H groups in total. The lowest BCUT2D eigenvalue weighted by molar-refractivity contribution is 0.0903. The van der Waals surface area contributed by atoms with E-state index in [1.54, 1.807) is 0 Å². The number of nitrogens with one attached hydrogen (secondary N) is 1. The Balaban J connectivity index is 1.46. The largest absolute Gasteiger partial charge is 0.381 e. The summed E-state index contributed by atoms with van der Waals surface area (Å²) in [5, 5.41) is 3.20. The van der Waals surface area contributed by atoms with E-state index >= 15 is 0 Å². The molecule has 0 saturated carbocycles. The molecule has 0 radical (unpaired) electrons. The van der Waals surface area contributed by atoms with Gasteiger partial charge in [0.15, 0.2) is 0 Å². The Bertz CT molecular complexity index is 550. The highest BCUT2D eigenvalue weighted by Gasteiger charge is 2.24. The predicted molar refractivity (Wildman–Crippen MR) is 99.8 cm³/mol. The Morgan fingerprint density at radius 3 is 2.78 bits per heavy atom. The Kier molecular flexibility index (Phi) is 5.93. The highest BCUT2D eigenvalue weighted by atomic mass is 127. The second-order valence-corrected chi connectivity index (χ2v) is 7.90. The lowest BCUT2D eigenvalue weighted by atomic mass is 10.0. The van der Waals surface area contributed by atoms with Gasteiger partial charge in [-0.3, -0.25) is 4.79 Å². The molecule has 4 nitrogen and oxygen atoms in total. The number of nitrogens with zero attached hydrogens (tertiary/aromatic N) is 1. The van der Waals surface area contributed by atoms with E-state index in [0.717, 1.165) is 54.8 Å². The summed E-state index contributed by atoms with van der Waals surface area (Å²) in [6, 6.07) is 6.21. The standard InChI is InChI=1S/C18H25IN2O2/c1-13-2-3-15(10-17(13)19)18(22)20-16-4-7-21(8-5-16)11-14-6-9-23-12-14/h2-3,10,14,16H,4-9,11-12H2,1H3,(H,20,22). The van der Waals surface area contributed by atoms with Crippen LogP contribution in [-0.4, -0.2) is 49.7 Å². The number of hydrogen-bond donors (Lipinski definition) is 1. The molecule has 2 aliphatic rings. The first kappa shape index (κ1) is 17.2. The van der Waals surface area contributed by atoms with Crippen molar-refractivity contribution in [2.24, 2.45) is 5.92 Å². The molecule has 1 unspecified atom stereocenters. The number of likely N-dealkylation sites (tertiary alicyclic amines) is 1. The Labute approximate surface area is 152 Å². The van der Waals surface area contributed by atoms with Gasteiger partial charge in [0.2, 0.25) is 0 Å². The van der Waals surface area contributed by atoms with Crippen molar-refractivity contribution in [3.8, 4) is 0 Å². The maximum absolute atomic E-state index is 12.4. The number of piperidine rings is 1. The zero-order valence-electron chi connectivity index (χ0n) is 13.7. The number of aryl methyl sites for hydroxylation is 1. The molecule has 126 valence electrons. The van der Waals surface area contributed by atoms with Crippen molar-refractivity contribution in [2.75, 3.05) is 32.8 Å². The van der Waals surface area contributed by atoms with Crippen molar-refractivity contribution in [3.63, 3.8) is 0 Å². The summed E-state index contributed by atoms with van der Waals surface area (Å²) in [6.07, 6.45) is 3.28. The molecule has 5 heteroatoms. The van der Waals surface area contributed by atoms with Gasteiger partial charge in [0.1, 0.15) is 0 Å².